The largest absolute Gasteiger partial charge is 0.414 e. The van der Waals surface area contributed by atoms with Crippen LogP contribution in [0, 0.1) is 0 Å². The first kappa shape index (κ1) is 17.4. The van der Waals surface area contributed by atoms with Crippen LogP contribution in [0.15, 0.2) is 54.9 Å². The van der Waals surface area contributed by atoms with Crippen LogP contribution in [0.1, 0.15) is 18.6 Å². The molecule has 3 aromatic rings. The van der Waals surface area contributed by atoms with Crippen molar-refractivity contribution in [1.82, 2.24) is 20.3 Å². The molecule has 26 heavy (non-hydrogen) atoms. The number of nitrogens with one attached hydrogen (secondary N) is 2. The molecule has 0 aliphatic rings. The van der Waals surface area contributed by atoms with E-state index in [0.29, 0.717) is 16.8 Å². The first-order chi connectivity index (χ1) is 12.5. The van der Waals surface area contributed by atoms with Gasteiger partial charge in [0, 0.05) is 24.0 Å². The molecule has 0 aliphatic carbocycles. The molecule has 0 bridgehead atoms. The van der Waals surface area contributed by atoms with Gasteiger partial charge in [-0.2, -0.15) is 0 Å². The highest BCUT2D eigenvalue weighted by Crippen LogP contribution is 2.22. The Labute approximate surface area is 150 Å². The van der Waals surface area contributed by atoms with Crippen molar-refractivity contribution in [2.24, 2.45) is 0 Å². The van der Waals surface area contributed by atoms with Gasteiger partial charge in [0.05, 0.1) is 17.8 Å². The number of nitrogens with two attached hydrogens (primary N) is 1. The first-order valence-electron chi connectivity index (χ1n) is 8.01. The summed E-state index contributed by atoms with van der Waals surface area (Å²) in [5.41, 5.74) is 7.59. The molecule has 2 aromatic heterocycles. The second-order valence-corrected chi connectivity index (χ2v) is 5.73. The number of H-pyrrole nitrogens is 1. The van der Waals surface area contributed by atoms with E-state index in [2.05, 4.69) is 20.3 Å². The zero-order chi connectivity index (χ0) is 18.5. The number of anilines is 1. The van der Waals surface area contributed by atoms with Gasteiger partial charge in [0.1, 0.15) is 0 Å². The summed E-state index contributed by atoms with van der Waals surface area (Å²) in [5.74, 6) is 0.406. The summed E-state index contributed by atoms with van der Waals surface area (Å²) in [6.07, 6.45) is 1.67. The summed E-state index contributed by atoms with van der Waals surface area (Å²) < 4.78 is 5.21. The number of aromatic nitrogens is 3. The van der Waals surface area contributed by atoms with E-state index < -0.39 is 18.2 Å². The number of ether oxygens (including phenoxy) is 1. The molecule has 0 saturated heterocycles. The molecule has 2 unspecified atom stereocenters. The minimum absolute atomic E-state index is 0.160. The molecular formula is C18H19N5O3. The molecule has 0 aliphatic heterocycles. The number of nitrogen functional groups attached to an aromatic ring is 1. The lowest BCUT2D eigenvalue weighted by Crippen LogP contribution is -2.38. The molecule has 1 amide bonds. The van der Waals surface area contributed by atoms with E-state index in [1.807, 2.05) is 18.2 Å². The Morgan fingerprint density at radius 1 is 1.31 bits per heavy atom. The van der Waals surface area contributed by atoms with E-state index in [-0.39, 0.29) is 11.8 Å². The van der Waals surface area contributed by atoms with Crippen LogP contribution in [0.5, 0.6) is 5.88 Å². The molecule has 2 heterocycles. The van der Waals surface area contributed by atoms with Crippen molar-refractivity contribution in [3.05, 3.63) is 60.4 Å². The van der Waals surface area contributed by atoms with Crippen LogP contribution in [-0.2, 0) is 0 Å². The number of carbonyl (C=O) groups excluding carboxylic acids is 1. The molecule has 0 saturated carbocycles. The maximum absolute atomic E-state index is 12.0. The Kier molecular flexibility index (Phi) is 5.14. The summed E-state index contributed by atoms with van der Waals surface area (Å²) in [7, 11) is 0. The van der Waals surface area contributed by atoms with Crippen molar-refractivity contribution in [2.45, 2.75) is 19.1 Å². The number of benzene rings is 1. The minimum Gasteiger partial charge on any atom is -0.393 e. The Morgan fingerprint density at radius 3 is 2.81 bits per heavy atom. The molecule has 0 spiro atoms. The Hall–Kier alpha value is -3.39. The molecular weight excluding hydrogens is 334 g/mol. The van der Waals surface area contributed by atoms with Crippen molar-refractivity contribution in [3.63, 3.8) is 0 Å². The molecule has 3 rings (SSSR count). The number of aliphatic hydroxyl groups is 1. The fourth-order valence-electron chi connectivity index (χ4n) is 2.45. The summed E-state index contributed by atoms with van der Waals surface area (Å²) in [4.78, 5) is 22.8. The topological polar surface area (TPSA) is 126 Å². The number of aliphatic hydroxyl groups excluding tert-OH is 1. The molecule has 1 aromatic carbocycles. The molecule has 134 valence electrons. The minimum atomic E-state index is -0.841. The zero-order valence-electron chi connectivity index (χ0n) is 14.1. The van der Waals surface area contributed by atoms with Gasteiger partial charge >= 0.3 is 6.09 Å². The second kappa shape index (κ2) is 7.66. The average Bonchev–Trinajstić information content (AvgIpc) is 3.10. The predicted octanol–water partition coefficient (Wildman–Crippen LogP) is 2.26. The lowest BCUT2D eigenvalue weighted by Gasteiger charge is -2.20. The van der Waals surface area contributed by atoms with Crippen LogP contribution in [0.3, 0.4) is 0 Å². The zero-order valence-corrected chi connectivity index (χ0v) is 14.1. The number of rotatable bonds is 5. The third-order valence-corrected chi connectivity index (χ3v) is 3.79. The van der Waals surface area contributed by atoms with Crippen molar-refractivity contribution in [1.29, 1.82) is 0 Å². The molecule has 2 atom stereocenters. The number of amides is 1. The second-order valence-electron chi connectivity index (χ2n) is 5.73. The average molecular weight is 353 g/mol. The van der Waals surface area contributed by atoms with E-state index in [0.717, 1.165) is 0 Å². The lowest BCUT2D eigenvalue weighted by atomic mass is 10.0. The quantitative estimate of drug-likeness (QED) is 0.557. The normalized spacial score (nSPS) is 13.0. The van der Waals surface area contributed by atoms with Gasteiger partial charge in [-0.1, -0.05) is 30.3 Å². The highest BCUT2D eigenvalue weighted by Gasteiger charge is 2.19. The Bertz CT molecular complexity index is 881. The fourth-order valence-corrected chi connectivity index (χ4v) is 2.45. The number of aromatic amines is 1. The smallest absolute Gasteiger partial charge is 0.393 e. The van der Waals surface area contributed by atoms with E-state index in [4.69, 9.17) is 10.5 Å². The van der Waals surface area contributed by atoms with Gasteiger partial charge in [0.15, 0.2) is 0 Å². The number of carbonyl (C=O) groups is 1. The maximum atomic E-state index is 12.0. The van der Waals surface area contributed by atoms with Gasteiger partial charge in [-0.3, -0.25) is 0 Å². The first-order valence-corrected chi connectivity index (χ1v) is 8.01. The fraction of sp³-hybridized carbons (Fsp3) is 0.167. The van der Waals surface area contributed by atoms with Crippen LogP contribution in [0.25, 0.3) is 11.3 Å². The molecule has 8 nitrogen and oxygen atoms in total. The van der Waals surface area contributed by atoms with E-state index >= 15 is 0 Å². The van der Waals surface area contributed by atoms with Gasteiger partial charge in [-0.05, 0) is 18.6 Å². The summed E-state index contributed by atoms with van der Waals surface area (Å²) in [5, 5.41) is 12.9. The molecule has 8 heteroatoms. The number of nitrogens with zero attached hydrogens (tertiary/aromatic N) is 2. The third-order valence-electron chi connectivity index (χ3n) is 3.79. The van der Waals surface area contributed by atoms with Crippen molar-refractivity contribution < 1.29 is 14.6 Å². The number of hydrogen-bond donors (Lipinski definition) is 4. The molecule has 0 radical (unpaired) electrons. The standard InChI is InChI=1S/C18H19N5O3/c1-11(16(24)12-5-3-2-4-6-12)22-18(25)26-15-9-13(10-21-15)14-7-8-20-17(19)23-14/h2-11,16,21,24H,1H3,(H,22,25)(H2,19,20,23). The Balaban J connectivity index is 1.60. The molecule has 5 N–H and O–H groups in total. The van der Waals surface area contributed by atoms with Crippen LogP contribution < -0.4 is 15.8 Å². The van der Waals surface area contributed by atoms with Gasteiger partial charge in [0.2, 0.25) is 11.8 Å². The van der Waals surface area contributed by atoms with Crippen LogP contribution in [-0.4, -0.2) is 32.2 Å². The van der Waals surface area contributed by atoms with Crippen molar-refractivity contribution in [3.8, 4) is 17.1 Å². The SMILES string of the molecule is CC(NC(=O)Oc1cc(-c2ccnc(N)n2)c[nH]1)C(O)c1ccccc1. The van der Waals surface area contributed by atoms with Gasteiger partial charge in [0.25, 0.3) is 0 Å². The van der Waals surface area contributed by atoms with Gasteiger partial charge in [-0.25, -0.2) is 14.8 Å². The predicted molar refractivity (Wildman–Crippen MR) is 96.3 cm³/mol. The maximum Gasteiger partial charge on any atom is 0.414 e. The van der Waals surface area contributed by atoms with Crippen molar-refractivity contribution >= 4 is 12.0 Å². The monoisotopic (exact) mass is 353 g/mol. The summed E-state index contributed by atoms with van der Waals surface area (Å²) in [6, 6.07) is 11.9. The van der Waals surface area contributed by atoms with E-state index in [1.54, 1.807) is 43.6 Å². The van der Waals surface area contributed by atoms with Gasteiger partial charge < -0.3 is 25.9 Å². The van der Waals surface area contributed by atoms with Gasteiger partial charge in [-0.15, -0.1) is 0 Å². The Morgan fingerprint density at radius 2 is 2.08 bits per heavy atom. The van der Waals surface area contributed by atoms with E-state index in [1.165, 1.54) is 0 Å². The van der Waals surface area contributed by atoms with E-state index in [9.17, 15) is 9.90 Å². The van der Waals surface area contributed by atoms with Crippen LogP contribution >= 0.6 is 0 Å². The van der Waals surface area contributed by atoms with Crippen LogP contribution in [0.2, 0.25) is 0 Å². The molecule has 0 fully saturated rings. The van der Waals surface area contributed by atoms with Crippen molar-refractivity contribution in [2.75, 3.05) is 5.73 Å². The van der Waals surface area contributed by atoms with Crippen LogP contribution in [0.4, 0.5) is 10.7 Å². The summed E-state index contributed by atoms with van der Waals surface area (Å²) in [6.45, 7) is 1.70. The summed E-state index contributed by atoms with van der Waals surface area (Å²) >= 11 is 0. The highest BCUT2D eigenvalue weighted by molar-refractivity contribution is 5.71. The highest BCUT2D eigenvalue weighted by atomic mass is 16.6. The number of hydrogen-bond acceptors (Lipinski definition) is 6. The lowest BCUT2D eigenvalue weighted by molar-refractivity contribution is 0.128. The third kappa shape index (κ3) is 4.17.